The van der Waals surface area contributed by atoms with Gasteiger partial charge in [-0.05, 0) is 5.57 Å². The minimum atomic E-state index is -2.65. The minimum absolute atomic E-state index is 0.0385. The Kier molecular flexibility index (Phi) is 2.12. The molecule has 0 aromatic carbocycles. The molecule has 1 unspecified atom stereocenters. The number of fused-ring (bicyclic) bond motifs is 1. The van der Waals surface area contributed by atoms with Crippen molar-refractivity contribution in [1.29, 1.82) is 0 Å². The maximum Gasteiger partial charge on any atom is 0.274 e. The number of hydrogen-bond acceptors (Lipinski definition) is 2. The van der Waals surface area contributed by atoms with Crippen molar-refractivity contribution in [1.82, 2.24) is 0 Å². The topological polar surface area (TPSA) is 9.23 Å². The van der Waals surface area contributed by atoms with Crippen LogP contribution in [0.4, 0.5) is 8.78 Å². The molecule has 1 nitrogen and oxygen atoms in total. The Hall–Kier alpha value is -0.0900. The average Bonchev–Trinajstić information content (AvgIpc) is 2.40. The summed E-state index contributed by atoms with van der Waals surface area (Å²) in [4.78, 5) is 0. The predicted molar refractivity (Wildman–Crippen MR) is 44.7 cm³/mol. The highest BCUT2D eigenvalue weighted by atomic mass is 32.2. The Morgan fingerprint density at radius 2 is 2.42 bits per heavy atom. The summed E-state index contributed by atoms with van der Waals surface area (Å²) in [6, 6.07) is 0. The van der Waals surface area contributed by atoms with Gasteiger partial charge < -0.3 is 4.74 Å². The van der Waals surface area contributed by atoms with Gasteiger partial charge in [0.2, 0.25) is 0 Å². The van der Waals surface area contributed by atoms with E-state index in [1.165, 1.54) is 0 Å². The van der Waals surface area contributed by atoms with Crippen LogP contribution in [0.3, 0.4) is 0 Å². The number of ether oxygens (including phenoxy) is 1. The van der Waals surface area contributed by atoms with Gasteiger partial charge in [-0.15, -0.1) is 0 Å². The van der Waals surface area contributed by atoms with Crippen molar-refractivity contribution in [3.8, 4) is 0 Å². The van der Waals surface area contributed by atoms with Crippen LogP contribution in [0.25, 0.3) is 0 Å². The van der Waals surface area contributed by atoms with Crippen molar-refractivity contribution >= 4 is 11.8 Å². The Balaban J connectivity index is 2.12. The first-order valence-corrected chi connectivity index (χ1v) is 5.09. The van der Waals surface area contributed by atoms with Crippen LogP contribution in [0, 0.1) is 0 Å². The Morgan fingerprint density at radius 1 is 1.58 bits per heavy atom. The van der Waals surface area contributed by atoms with Gasteiger partial charge >= 0.3 is 0 Å². The third-order valence-corrected chi connectivity index (χ3v) is 3.19. The van der Waals surface area contributed by atoms with Crippen molar-refractivity contribution in [2.45, 2.75) is 18.4 Å². The molecule has 1 saturated heterocycles. The number of allylic oxidation sites excluding steroid dienone is 1. The summed E-state index contributed by atoms with van der Waals surface area (Å²) in [5.41, 5.74) is 1.05. The van der Waals surface area contributed by atoms with E-state index in [1.807, 2.05) is 0 Å². The zero-order valence-corrected chi connectivity index (χ0v) is 7.37. The van der Waals surface area contributed by atoms with Gasteiger partial charge in [0.15, 0.2) is 0 Å². The number of rotatable bonds is 0. The molecule has 0 amide bonds. The van der Waals surface area contributed by atoms with Crippen LogP contribution in [-0.4, -0.2) is 30.1 Å². The molecule has 0 aromatic heterocycles. The van der Waals surface area contributed by atoms with E-state index in [0.29, 0.717) is 0 Å². The molecule has 68 valence electrons. The lowest BCUT2D eigenvalue weighted by molar-refractivity contribution is -0.0791. The van der Waals surface area contributed by atoms with Crippen LogP contribution >= 0.6 is 11.8 Å². The van der Waals surface area contributed by atoms with Gasteiger partial charge in [-0.2, -0.15) is 11.8 Å². The normalized spacial score (nSPS) is 33.8. The smallest absolute Gasteiger partial charge is 0.274 e. The molecule has 0 aromatic rings. The van der Waals surface area contributed by atoms with Crippen molar-refractivity contribution in [2.24, 2.45) is 0 Å². The van der Waals surface area contributed by atoms with Crippen LogP contribution in [0.2, 0.25) is 0 Å². The molecule has 2 aliphatic heterocycles. The highest BCUT2D eigenvalue weighted by Gasteiger charge is 2.35. The largest absolute Gasteiger partial charge is 0.367 e. The summed E-state index contributed by atoms with van der Waals surface area (Å²) in [6.07, 6.45) is 1.46. The molecule has 12 heavy (non-hydrogen) atoms. The van der Waals surface area contributed by atoms with Gasteiger partial charge in [-0.25, -0.2) is 8.78 Å². The molecule has 0 radical (unpaired) electrons. The molecule has 0 bridgehead atoms. The lowest BCUT2D eigenvalue weighted by Crippen LogP contribution is -2.24. The fourth-order valence-electron chi connectivity index (χ4n) is 1.39. The van der Waals surface area contributed by atoms with Crippen molar-refractivity contribution in [2.75, 3.05) is 18.1 Å². The Bertz CT molecular complexity index is 215. The van der Waals surface area contributed by atoms with E-state index in [-0.39, 0.29) is 12.5 Å². The van der Waals surface area contributed by atoms with E-state index in [0.717, 1.165) is 17.1 Å². The lowest BCUT2D eigenvalue weighted by atomic mass is 10.1. The first kappa shape index (κ1) is 8.51. The zero-order chi connectivity index (χ0) is 8.60. The highest BCUT2D eigenvalue weighted by Crippen LogP contribution is 2.33. The Labute approximate surface area is 74.2 Å². The van der Waals surface area contributed by atoms with Crippen LogP contribution < -0.4 is 0 Å². The number of hydrogen-bond donors (Lipinski definition) is 0. The summed E-state index contributed by atoms with van der Waals surface area (Å²) < 4.78 is 30.7. The van der Waals surface area contributed by atoms with Crippen molar-refractivity contribution in [3.63, 3.8) is 0 Å². The highest BCUT2D eigenvalue weighted by molar-refractivity contribution is 7.99. The molecule has 0 aliphatic carbocycles. The van der Waals surface area contributed by atoms with Crippen LogP contribution in [0.5, 0.6) is 0 Å². The molecule has 2 aliphatic rings. The third kappa shape index (κ3) is 1.64. The minimum Gasteiger partial charge on any atom is -0.367 e. The fourth-order valence-corrected chi connectivity index (χ4v) is 2.57. The fraction of sp³-hybridized carbons (Fsp3) is 0.750. The second-order valence-corrected chi connectivity index (χ2v) is 4.18. The molecule has 0 saturated carbocycles. The van der Waals surface area contributed by atoms with E-state index in [1.54, 1.807) is 17.8 Å². The van der Waals surface area contributed by atoms with E-state index >= 15 is 0 Å². The maximum atomic E-state index is 12.8. The van der Waals surface area contributed by atoms with Crippen molar-refractivity contribution in [3.05, 3.63) is 11.6 Å². The molecule has 2 rings (SSSR count). The van der Waals surface area contributed by atoms with Crippen LogP contribution in [-0.2, 0) is 4.74 Å². The lowest BCUT2D eigenvalue weighted by Gasteiger charge is -2.14. The quantitative estimate of drug-likeness (QED) is 0.543. The van der Waals surface area contributed by atoms with Crippen molar-refractivity contribution < 1.29 is 13.5 Å². The van der Waals surface area contributed by atoms with Gasteiger partial charge in [0.25, 0.3) is 5.92 Å². The second kappa shape index (κ2) is 3.00. The molecule has 4 heteroatoms. The summed E-state index contributed by atoms with van der Waals surface area (Å²) in [5, 5.41) is 0. The van der Waals surface area contributed by atoms with E-state index in [4.69, 9.17) is 4.74 Å². The maximum absolute atomic E-state index is 12.8. The van der Waals surface area contributed by atoms with Gasteiger partial charge in [-0.3, -0.25) is 0 Å². The molecule has 1 fully saturated rings. The zero-order valence-electron chi connectivity index (χ0n) is 6.56. The van der Waals surface area contributed by atoms with E-state index in [9.17, 15) is 8.78 Å². The molecule has 2 heterocycles. The van der Waals surface area contributed by atoms with Crippen LogP contribution in [0.1, 0.15) is 6.42 Å². The van der Waals surface area contributed by atoms with E-state index in [2.05, 4.69) is 0 Å². The molecule has 0 spiro atoms. The predicted octanol–water partition coefficient (Wildman–Crippen LogP) is 2.08. The summed E-state index contributed by atoms with van der Waals surface area (Å²) in [5.74, 6) is -0.954. The van der Waals surface area contributed by atoms with E-state index < -0.39 is 12.5 Å². The number of thioether (sulfide) groups is 1. The first-order valence-electron chi connectivity index (χ1n) is 3.93. The monoisotopic (exact) mass is 192 g/mol. The molecule has 0 N–H and O–H groups in total. The average molecular weight is 192 g/mol. The summed E-state index contributed by atoms with van der Waals surface area (Å²) in [6.45, 7) is -0.418. The van der Waals surface area contributed by atoms with Crippen LogP contribution in [0.15, 0.2) is 11.6 Å². The standard InChI is InChI=1S/C8H10F2OS/c9-8(10)2-1-6-3-12-4-7(6)11-5-8/h1,7H,2-5H2. The Morgan fingerprint density at radius 3 is 3.25 bits per heavy atom. The third-order valence-electron chi connectivity index (χ3n) is 2.11. The molecular formula is C8H10F2OS. The summed E-state index contributed by atoms with van der Waals surface area (Å²) >= 11 is 1.75. The second-order valence-electron chi connectivity index (χ2n) is 3.15. The van der Waals surface area contributed by atoms with Gasteiger partial charge in [0.05, 0.1) is 6.10 Å². The van der Waals surface area contributed by atoms with Gasteiger partial charge in [-0.1, -0.05) is 6.08 Å². The first-order chi connectivity index (χ1) is 5.67. The van der Waals surface area contributed by atoms with Gasteiger partial charge in [0.1, 0.15) is 6.61 Å². The SMILES string of the molecule is FC1(F)CC=C2CSCC2OC1. The number of halogens is 2. The van der Waals surface area contributed by atoms with Gasteiger partial charge in [0, 0.05) is 17.9 Å². The number of alkyl halides is 2. The molecule has 1 atom stereocenters. The molecular weight excluding hydrogens is 182 g/mol. The summed E-state index contributed by atoms with van der Waals surface area (Å²) in [7, 11) is 0.